The van der Waals surface area contributed by atoms with E-state index >= 15 is 0 Å². The molecule has 3 heterocycles. The molecule has 1 aliphatic rings. The third kappa shape index (κ3) is 3.98. The van der Waals surface area contributed by atoms with E-state index in [-0.39, 0.29) is 6.03 Å². The van der Waals surface area contributed by atoms with Crippen LogP contribution in [-0.2, 0) is 6.42 Å². The van der Waals surface area contributed by atoms with Crippen LogP contribution in [0.2, 0.25) is 0 Å². The highest BCUT2D eigenvalue weighted by Crippen LogP contribution is 2.18. The number of nitrogens with one attached hydrogen (secondary N) is 2. The molecule has 1 fully saturated rings. The van der Waals surface area contributed by atoms with Crippen molar-refractivity contribution in [3.63, 3.8) is 0 Å². The van der Waals surface area contributed by atoms with Crippen LogP contribution >= 0.6 is 11.3 Å². The van der Waals surface area contributed by atoms with Crippen molar-refractivity contribution in [2.75, 3.05) is 29.9 Å². The summed E-state index contributed by atoms with van der Waals surface area (Å²) in [7, 11) is 0. The summed E-state index contributed by atoms with van der Waals surface area (Å²) in [5, 5.41) is 9.81. The topological polar surface area (TPSA) is 57.3 Å². The van der Waals surface area contributed by atoms with E-state index in [0.717, 1.165) is 31.0 Å². The average Bonchev–Trinajstić information content (AvgIpc) is 3.21. The second kappa shape index (κ2) is 7.26. The fourth-order valence-corrected chi connectivity index (χ4v) is 3.23. The van der Waals surface area contributed by atoms with Crippen LogP contribution in [0.15, 0.2) is 35.2 Å². The van der Waals surface area contributed by atoms with Crippen LogP contribution in [0.5, 0.6) is 0 Å². The Hall–Kier alpha value is -2.08. The standard InChI is InChI=1S/C16H20N4OS/c21-16(17-7-5-13-6-10-22-12-13)19-14-3-4-15(18-11-14)20-8-1-2-9-20/h3-4,6,10-12H,1-2,5,7-9H2,(H2,17,19,21). The molecule has 5 nitrogen and oxygen atoms in total. The number of hydrogen-bond donors (Lipinski definition) is 2. The minimum absolute atomic E-state index is 0.189. The lowest BCUT2D eigenvalue weighted by Gasteiger charge is -2.16. The summed E-state index contributed by atoms with van der Waals surface area (Å²) in [5.74, 6) is 0.987. The van der Waals surface area contributed by atoms with Crippen molar-refractivity contribution in [3.8, 4) is 0 Å². The fourth-order valence-electron chi connectivity index (χ4n) is 2.52. The smallest absolute Gasteiger partial charge is 0.319 e. The Balaban J connectivity index is 1.44. The molecule has 2 aromatic rings. The summed E-state index contributed by atoms with van der Waals surface area (Å²) in [4.78, 5) is 18.5. The van der Waals surface area contributed by atoms with Gasteiger partial charge in [0.1, 0.15) is 5.82 Å². The van der Waals surface area contributed by atoms with E-state index in [9.17, 15) is 4.79 Å². The number of amides is 2. The van der Waals surface area contributed by atoms with Gasteiger partial charge in [-0.2, -0.15) is 11.3 Å². The fraction of sp³-hybridized carbons (Fsp3) is 0.375. The zero-order chi connectivity index (χ0) is 15.2. The van der Waals surface area contributed by atoms with Crippen LogP contribution in [0, 0.1) is 0 Å². The molecule has 1 saturated heterocycles. The molecule has 0 aromatic carbocycles. The minimum Gasteiger partial charge on any atom is -0.357 e. The number of nitrogens with zero attached hydrogens (tertiary/aromatic N) is 2. The quantitative estimate of drug-likeness (QED) is 0.891. The number of urea groups is 1. The van der Waals surface area contributed by atoms with Gasteiger partial charge >= 0.3 is 6.03 Å². The maximum atomic E-state index is 11.8. The van der Waals surface area contributed by atoms with Crippen molar-refractivity contribution < 1.29 is 4.79 Å². The second-order valence-corrected chi connectivity index (χ2v) is 6.14. The van der Waals surface area contributed by atoms with E-state index in [2.05, 4.69) is 32.0 Å². The van der Waals surface area contributed by atoms with Gasteiger partial charge in [0, 0.05) is 19.6 Å². The lowest BCUT2D eigenvalue weighted by atomic mass is 10.2. The first-order chi connectivity index (χ1) is 10.8. The third-order valence-corrected chi connectivity index (χ3v) is 4.45. The van der Waals surface area contributed by atoms with Gasteiger partial charge in [0.2, 0.25) is 0 Å². The first kappa shape index (κ1) is 14.8. The lowest BCUT2D eigenvalue weighted by Crippen LogP contribution is -2.30. The van der Waals surface area contributed by atoms with Gasteiger partial charge in [0.15, 0.2) is 0 Å². The maximum absolute atomic E-state index is 11.8. The largest absolute Gasteiger partial charge is 0.357 e. The summed E-state index contributed by atoms with van der Waals surface area (Å²) >= 11 is 1.67. The lowest BCUT2D eigenvalue weighted by molar-refractivity contribution is 0.252. The molecule has 0 radical (unpaired) electrons. The predicted molar refractivity (Wildman–Crippen MR) is 90.7 cm³/mol. The molecule has 3 rings (SSSR count). The Morgan fingerprint density at radius 3 is 2.82 bits per heavy atom. The van der Waals surface area contributed by atoms with E-state index in [1.54, 1.807) is 17.5 Å². The molecule has 0 bridgehead atoms. The Morgan fingerprint density at radius 2 is 2.14 bits per heavy atom. The molecule has 0 atom stereocenters. The van der Waals surface area contributed by atoms with E-state index < -0.39 is 0 Å². The normalized spacial score (nSPS) is 14.1. The number of pyridine rings is 1. The first-order valence-electron chi connectivity index (χ1n) is 7.58. The van der Waals surface area contributed by atoms with Crippen LogP contribution in [0.3, 0.4) is 0 Å². The molecule has 22 heavy (non-hydrogen) atoms. The van der Waals surface area contributed by atoms with Gasteiger partial charge in [-0.15, -0.1) is 0 Å². The monoisotopic (exact) mass is 316 g/mol. The number of rotatable bonds is 5. The third-order valence-electron chi connectivity index (χ3n) is 3.72. The van der Waals surface area contributed by atoms with E-state index in [1.165, 1.54) is 18.4 Å². The van der Waals surface area contributed by atoms with Crippen molar-refractivity contribution in [2.24, 2.45) is 0 Å². The van der Waals surface area contributed by atoms with E-state index in [1.807, 2.05) is 17.5 Å². The van der Waals surface area contributed by atoms with Crippen molar-refractivity contribution in [1.29, 1.82) is 0 Å². The van der Waals surface area contributed by atoms with Gasteiger partial charge in [-0.25, -0.2) is 9.78 Å². The zero-order valence-electron chi connectivity index (χ0n) is 12.4. The highest BCUT2D eigenvalue weighted by molar-refractivity contribution is 7.07. The minimum atomic E-state index is -0.189. The van der Waals surface area contributed by atoms with Crippen LogP contribution in [-0.4, -0.2) is 30.6 Å². The molecule has 0 unspecified atom stereocenters. The van der Waals surface area contributed by atoms with Gasteiger partial charge in [-0.05, 0) is 53.8 Å². The Labute approximate surface area is 134 Å². The zero-order valence-corrected chi connectivity index (χ0v) is 13.2. The van der Waals surface area contributed by atoms with Gasteiger partial charge < -0.3 is 15.5 Å². The first-order valence-corrected chi connectivity index (χ1v) is 8.52. The van der Waals surface area contributed by atoms with Crippen LogP contribution in [0.25, 0.3) is 0 Å². The number of anilines is 2. The number of thiophene rings is 1. The number of aromatic nitrogens is 1. The summed E-state index contributed by atoms with van der Waals surface area (Å²) in [6, 6.07) is 5.75. The number of carbonyl (C=O) groups is 1. The Bertz CT molecular complexity index is 591. The highest BCUT2D eigenvalue weighted by atomic mass is 32.1. The van der Waals surface area contributed by atoms with Crippen LogP contribution < -0.4 is 15.5 Å². The molecular formula is C16H20N4OS. The Kier molecular flexibility index (Phi) is 4.90. The Morgan fingerprint density at radius 1 is 1.27 bits per heavy atom. The second-order valence-electron chi connectivity index (χ2n) is 5.36. The number of hydrogen-bond acceptors (Lipinski definition) is 4. The number of carbonyl (C=O) groups excluding carboxylic acids is 1. The highest BCUT2D eigenvalue weighted by Gasteiger charge is 2.13. The van der Waals surface area contributed by atoms with E-state index in [0.29, 0.717) is 6.54 Å². The van der Waals surface area contributed by atoms with Gasteiger partial charge in [0.25, 0.3) is 0 Å². The molecule has 116 valence electrons. The van der Waals surface area contributed by atoms with Gasteiger partial charge in [-0.3, -0.25) is 0 Å². The molecule has 0 spiro atoms. The average molecular weight is 316 g/mol. The summed E-state index contributed by atoms with van der Waals surface area (Å²) in [6.07, 6.45) is 5.03. The summed E-state index contributed by atoms with van der Waals surface area (Å²) in [5.41, 5.74) is 1.97. The summed E-state index contributed by atoms with van der Waals surface area (Å²) < 4.78 is 0. The van der Waals surface area contributed by atoms with Crippen molar-refractivity contribution in [3.05, 3.63) is 40.7 Å². The molecule has 0 saturated carbocycles. The predicted octanol–water partition coefficient (Wildman–Crippen LogP) is 3.11. The molecule has 1 aliphatic heterocycles. The molecule has 2 aromatic heterocycles. The SMILES string of the molecule is O=C(NCCc1ccsc1)Nc1ccc(N2CCCC2)nc1. The van der Waals surface area contributed by atoms with Crippen molar-refractivity contribution >= 4 is 28.9 Å². The van der Waals surface area contributed by atoms with Crippen molar-refractivity contribution in [2.45, 2.75) is 19.3 Å². The molecule has 2 amide bonds. The van der Waals surface area contributed by atoms with Crippen molar-refractivity contribution in [1.82, 2.24) is 10.3 Å². The van der Waals surface area contributed by atoms with Gasteiger partial charge in [0.05, 0.1) is 11.9 Å². The maximum Gasteiger partial charge on any atom is 0.319 e. The summed E-state index contributed by atoms with van der Waals surface area (Å²) in [6.45, 7) is 2.77. The van der Waals surface area contributed by atoms with Gasteiger partial charge in [-0.1, -0.05) is 0 Å². The molecule has 6 heteroatoms. The van der Waals surface area contributed by atoms with Crippen LogP contribution in [0.1, 0.15) is 18.4 Å². The van der Waals surface area contributed by atoms with E-state index in [4.69, 9.17) is 0 Å². The molecule has 0 aliphatic carbocycles. The molecule has 2 N–H and O–H groups in total. The molecular weight excluding hydrogens is 296 g/mol. The van der Waals surface area contributed by atoms with Crippen LogP contribution in [0.4, 0.5) is 16.3 Å².